The molecule has 1 aromatic carbocycles. The van der Waals surface area contributed by atoms with Gasteiger partial charge in [-0.05, 0) is 43.2 Å². The minimum atomic E-state index is 0.362. The molecule has 0 saturated heterocycles. The van der Waals surface area contributed by atoms with Crippen LogP contribution in [-0.4, -0.2) is 18.8 Å². The summed E-state index contributed by atoms with van der Waals surface area (Å²) in [5.74, 6) is 1.23. The Kier molecular flexibility index (Phi) is 6.80. The highest BCUT2D eigenvalue weighted by Gasteiger charge is 2.21. The fraction of sp³-hybridized carbons (Fsp3) is 0.625. The van der Waals surface area contributed by atoms with Crippen LogP contribution >= 0.6 is 11.8 Å². The Hall–Kier alpha value is -0.470. The number of rotatable bonds is 7. The molecule has 1 nitrogen and oxygen atoms in total. The molecule has 102 valence electrons. The quantitative estimate of drug-likeness (QED) is 0.572. The maximum absolute atomic E-state index is 3.44. The number of hydrogen-bond acceptors (Lipinski definition) is 2. The third-order valence-electron chi connectivity index (χ3n) is 3.29. The van der Waals surface area contributed by atoms with E-state index in [0.29, 0.717) is 11.5 Å². The van der Waals surface area contributed by atoms with E-state index < -0.39 is 0 Å². The highest BCUT2D eigenvalue weighted by atomic mass is 32.2. The molecular formula is C16H27NS. The van der Waals surface area contributed by atoms with Crippen molar-refractivity contribution < 1.29 is 0 Å². The van der Waals surface area contributed by atoms with Gasteiger partial charge >= 0.3 is 0 Å². The first kappa shape index (κ1) is 15.6. The Labute approximate surface area is 117 Å². The van der Waals surface area contributed by atoms with Crippen LogP contribution in [0.25, 0.3) is 0 Å². The molecule has 18 heavy (non-hydrogen) atoms. The topological polar surface area (TPSA) is 12.0 Å². The molecule has 0 aliphatic rings. The van der Waals surface area contributed by atoms with Crippen LogP contribution in [-0.2, 0) is 0 Å². The summed E-state index contributed by atoms with van der Waals surface area (Å²) in [6.45, 7) is 6.94. The lowest BCUT2D eigenvalue weighted by Crippen LogP contribution is -2.37. The van der Waals surface area contributed by atoms with E-state index in [2.05, 4.69) is 63.5 Å². The molecule has 1 N–H and O–H groups in total. The van der Waals surface area contributed by atoms with E-state index in [0.717, 1.165) is 0 Å². The van der Waals surface area contributed by atoms with Crippen LogP contribution in [0.5, 0.6) is 0 Å². The monoisotopic (exact) mass is 265 g/mol. The van der Waals surface area contributed by atoms with Crippen molar-refractivity contribution in [3.05, 3.63) is 30.3 Å². The first-order valence-corrected chi connectivity index (χ1v) is 7.87. The average molecular weight is 265 g/mol. The summed E-state index contributed by atoms with van der Waals surface area (Å²) in [5, 5.41) is 3.44. The van der Waals surface area contributed by atoms with Crippen LogP contribution < -0.4 is 5.32 Å². The molecule has 0 radical (unpaired) electrons. The van der Waals surface area contributed by atoms with Gasteiger partial charge in [0.25, 0.3) is 0 Å². The standard InChI is InChI=1S/C16H27NS/c1-16(2,3)15(17-4)12-8-9-13-18-14-10-6-5-7-11-14/h5-7,10-11,15,17H,8-9,12-13H2,1-4H3. The second-order valence-electron chi connectivity index (χ2n) is 5.86. The van der Waals surface area contributed by atoms with E-state index in [4.69, 9.17) is 0 Å². The van der Waals surface area contributed by atoms with Crippen molar-refractivity contribution in [3.63, 3.8) is 0 Å². The zero-order chi connectivity index (χ0) is 13.4. The molecule has 0 spiro atoms. The fourth-order valence-electron chi connectivity index (χ4n) is 2.17. The zero-order valence-electron chi connectivity index (χ0n) is 12.2. The molecule has 1 aromatic rings. The molecule has 0 amide bonds. The zero-order valence-corrected chi connectivity index (χ0v) is 13.0. The predicted octanol–water partition coefficient (Wildman–Crippen LogP) is 4.58. The van der Waals surface area contributed by atoms with Gasteiger partial charge in [-0.25, -0.2) is 0 Å². The molecule has 2 heteroatoms. The molecule has 1 atom stereocenters. The van der Waals surface area contributed by atoms with Crippen molar-refractivity contribution in [2.24, 2.45) is 5.41 Å². The molecule has 0 heterocycles. The van der Waals surface area contributed by atoms with Gasteiger partial charge in [0.05, 0.1) is 0 Å². The van der Waals surface area contributed by atoms with E-state index in [1.165, 1.54) is 29.9 Å². The lowest BCUT2D eigenvalue weighted by molar-refractivity contribution is 0.263. The first-order valence-electron chi connectivity index (χ1n) is 6.89. The summed E-state index contributed by atoms with van der Waals surface area (Å²) < 4.78 is 0. The van der Waals surface area contributed by atoms with E-state index in [-0.39, 0.29) is 0 Å². The van der Waals surface area contributed by atoms with Crippen molar-refractivity contribution >= 4 is 11.8 Å². The van der Waals surface area contributed by atoms with E-state index in [1.807, 2.05) is 11.8 Å². The van der Waals surface area contributed by atoms with E-state index in [9.17, 15) is 0 Å². The Morgan fingerprint density at radius 1 is 1.11 bits per heavy atom. The van der Waals surface area contributed by atoms with Gasteiger partial charge in [0, 0.05) is 10.9 Å². The third kappa shape index (κ3) is 5.92. The van der Waals surface area contributed by atoms with Crippen LogP contribution in [0.15, 0.2) is 35.2 Å². The molecule has 0 aliphatic heterocycles. The van der Waals surface area contributed by atoms with Crippen LogP contribution in [0, 0.1) is 5.41 Å². The molecule has 0 bridgehead atoms. The number of benzene rings is 1. The molecule has 1 rings (SSSR count). The molecule has 0 aliphatic carbocycles. The van der Waals surface area contributed by atoms with Crippen molar-refractivity contribution in [2.75, 3.05) is 12.8 Å². The fourth-order valence-corrected chi connectivity index (χ4v) is 3.10. The van der Waals surface area contributed by atoms with Gasteiger partial charge in [-0.15, -0.1) is 11.8 Å². The lowest BCUT2D eigenvalue weighted by Gasteiger charge is -2.30. The van der Waals surface area contributed by atoms with E-state index >= 15 is 0 Å². The maximum atomic E-state index is 3.44. The Morgan fingerprint density at radius 3 is 2.33 bits per heavy atom. The van der Waals surface area contributed by atoms with Gasteiger partial charge in [-0.1, -0.05) is 45.4 Å². The summed E-state index contributed by atoms with van der Waals surface area (Å²) >= 11 is 1.97. The van der Waals surface area contributed by atoms with Crippen molar-refractivity contribution in [3.8, 4) is 0 Å². The predicted molar refractivity (Wildman–Crippen MR) is 83.3 cm³/mol. The summed E-state index contributed by atoms with van der Waals surface area (Å²) in [5.41, 5.74) is 0.362. The summed E-state index contributed by atoms with van der Waals surface area (Å²) in [6, 6.07) is 11.3. The first-order chi connectivity index (χ1) is 8.54. The van der Waals surface area contributed by atoms with Crippen LogP contribution in [0.1, 0.15) is 40.0 Å². The smallest absolute Gasteiger partial charge is 0.0113 e. The summed E-state index contributed by atoms with van der Waals surface area (Å²) in [7, 11) is 2.08. The molecule has 1 unspecified atom stereocenters. The summed E-state index contributed by atoms with van der Waals surface area (Å²) in [4.78, 5) is 1.39. The minimum absolute atomic E-state index is 0.362. The SMILES string of the molecule is CNC(CCCCSc1ccccc1)C(C)(C)C. The normalized spacial score (nSPS) is 13.6. The van der Waals surface area contributed by atoms with Gasteiger partial charge < -0.3 is 5.32 Å². The number of unbranched alkanes of at least 4 members (excludes halogenated alkanes) is 1. The van der Waals surface area contributed by atoms with Crippen molar-refractivity contribution in [1.82, 2.24) is 5.32 Å². The lowest BCUT2D eigenvalue weighted by atomic mass is 9.84. The van der Waals surface area contributed by atoms with Gasteiger partial charge in [0.15, 0.2) is 0 Å². The third-order valence-corrected chi connectivity index (χ3v) is 4.39. The Bertz CT molecular complexity index is 316. The number of thioether (sulfide) groups is 1. The molecule has 0 saturated carbocycles. The summed E-state index contributed by atoms with van der Waals surface area (Å²) in [6.07, 6.45) is 3.88. The van der Waals surface area contributed by atoms with Crippen LogP contribution in [0.4, 0.5) is 0 Å². The Morgan fingerprint density at radius 2 is 1.78 bits per heavy atom. The highest BCUT2D eigenvalue weighted by Crippen LogP contribution is 2.24. The number of hydrogen-bond donors (Lipinski definition) is 1. The van der Waals surface area contributed by atoms with Crippen molar-refractivity contribution in [2.45, 2.75) is 51.0 Å². The highest BCUT2D eigenvalue weighted by molar-refractivity contribution is 7.99. The second kappa shape index (κ2) is 7.85. The molecule has 0 fully saturated rings. The van der Waals surface area contributed by atoms with Gasteiger partial charge in [-0.3, -0.25) is 0 Å². The van der Waals surface area contributed by atoms with E-state index in [1.54, 1.807) is 0 Å². The average Bonchev–Trinajstić information content (AvgIpc) is 2.33. The van der Waals surface area contributed by atoms with Crippen LogP contribution in [0.2, 0.25) is 0 Å². The second-order valence-corrected chi connectivity index (χ2v) is 7.03. The van der Waals surface area contributed by atoms with Gasteiger partial charge in [-0.2, -0.15) is 0 Å². The number of nitrogens with one attached hydrogen (secondary N) is 1. The largest absolute Gasteiger partial charge is 0.316 e. The minimum Gasteiger partial charge on any atom is -0.316 e. The molecular weight excluding hydrogens is 238 g/mol. The van der Waals surface area contributed by atoms with Crippen LogP contribution in [0.3, 0.4) is 0 Å². The molecule has 0 aromatic heterocycles. The maximum Gasteiger partial charge on any atom is 0.0113 e. The Balaban J connectivity index is 2.15. The van der Waals surface area contributed by atoms with Gasteiger partial charge in [0.1, 0.15) is 0 Å². The van der Waals surface area contributed by atoms with Gasteiger partial charge in [0.2, 0.25) is 0 Å². The van der Waals surface area contributed by atoms with Crippen molar-refractivity contribution in [1.29, 1.82) is 0 Å².